The fourth-order valence-corrected chi connectivity index (χ4v) is 12.9. The summed E-state index contributed by atoms with van der Waals surface area (Å²) in [5.74, 6) is -1.18. The van der Waals surface area contributed by atoms with E-state index in [4.69, 9.17) is 55.5 Å². The van der Waals surface area contributed by atoms with E-state index in [0.717, 1.165) is 33.5 Å². The van der Waals surface area contributed by atoms with Crippen molar-refractivity contribution in [2.24, 2.45) is 7.05 Å². The molecule has 3 aliphatic heterocycles. The molecular weight excluding hydrogens is 1120 g/mol. The molecular formula is C32H45N16O24P4+. The number of fused-ring (bicyclic) bond motifs is 3. The molecule has 3 fully saturated rings. The highest BCUT2D eigenvalue weighted by Crippen LogP contribution is 2.68. The molecule has 3 saturated heterocycles. The number of phosphoric ester groups is 3. The van der Waals surface area contributed by atoms with Crippen molar-refractivity contribution in [3.63, 3.8) is 0 Å². The van der Waals surface area contributed by atoms with Crippen LogP contribution in [0.25, 0.3) is 33.5 Å². The van der Waals surface area contributed by atoms with Crippen molar-refractivity contribution in [1.29, 1.82) is 0 Å². The number of aliphatic hydroxyl groups is 4. The number of rotatable bonds is 19. The van der Waals surface area contributed by atoms with E-state index in [2.05, 4.69) is 53.0 Å². The van der Waals surface area contributed by atoms with Crippen molar-refractivity contribution < 1.29 is 108 Å². The normalized spacial score (nSPS) is 30.2. The highest BCUT2D eigenvalue weighted by atomic mass is 31.3. The number of phosphoric acid groups is 4. The van der Waals surface area contributed by atoms with Gasteiger partial charge in [0.25, 0.3) is 17.1 Å². The van der Waals surface area contributed by atoms with Crippen LogP contribution < -0.4 is 38.6 Å². The van der Waals surface area contributed by atoms with Crippen molar-refractivity contribution in [2.75, 3.05) is 49.9 Å². The number of hydrogen-bond acceptors (Lipinski definition) is 30. The smallest absolute Gasteiger partial charge is 0.387 e. The van der Waals surface area contributed by atoms with Crippen molar-refractivity contribution in [3.8, 4) is 0 Å². The lowest BCUT2D eigenvalue weighted by Gasteiger charge is -2.26. The van der Waals surface area contributed by atoms with Gasteiger partial charge in [-0.15, -0.1) is 0 Å². The number of H-pyrrole nitrogens is 2. The Hall–Kier alpha value is -5.35. The summed E-state index contributed by atoms with van der Waals surface area (Å²) in [4.78, 5) is 95.6. The van der Waals surface area contributed by atoms with Crippen molar-refractivity contribution >= 4 is 88.4 Å². The van der Waals surface area contributed by atoms with Crippen LogP contribution in [0, 0.1) is 0 Å². The number of imidazole rings is 3. The molecule has 9 heterocycles. The number of anilines is 4. The zero-order chi connectivity index (χ0) is 55.1. The molecule has 0 saturated carbocycles. The lowest BCUT2D eigenvalue weighted by atomic mass is 10.1. The molecule has 40 nitrogen and oxygen atoms in total. The molecule has 76 heavy (non-hydrogen) atoms. The standard InChI is InChI=1S/C32H44N16O24P4/c1-45-8-48(24-14(45)26(54)44-32(36)42-24)28-18(52)16(50)10(68-28)4-65-74(57,58)71-76(61,62)72-75(59,60)66-5-11-19(20(63-2)29(69-11)47-6-37-12-21(33)39-30(34)40-22(12)47)70-73(55,56)64-3-9-15(49)17(51)27(67-9)46-7-38-13-23(46)41-31(35)43-25(13)53/h6-11,15-20,27-29,49-52H,3-5H2,1-2H3,(H13-,33,34,35,36,39,40,41,42,43,44,53,54,55,56,57,58,59,60,61,62)/p+1. The highest BCUT2D eigenvalue weighted by molar-refractivity contribution is 7.66. The number of ether oxygens (including phenoxy) is 4. The second kappa shape index (κ2) is 20.5. The number of aromatic amines is 2. The molecule has 416 valence electrons. The first-order valence-electron chi connectivity index (χ1n) is 21.4. The van der Waals surface area contributed by atoms with Crippen molar-refractivity contribution in [1.82, 2.24) is 53.6 Å². The second-order valence-corrected chi connectivity index (χ2v) is 22.7. The zero-order valence-corrected chi connectivity index (χ0v) is 42.0. The third-order valence-electron chi connectivity index (χ3n) is 11.6. The van der Waals surface area contributed by atoms with Crippen LogP contribution in [-0.2, 0) is 71.0 Å². The van der Waals surface area contributed by atoms with Gasteiger partial charge in [0.15, 0.2) is 41.4 Å². The van der Waals surface area contributed by atoms with Gasteiger partial charge in [0.1, 0.15) is 60.5 Å². The summed E-state index contributed by atoms with van der Waals surface area (Å²) in [5.41, 5.74) is 21.0. The molecule has 16 unspecified atom stereocenters. The summed E-state index contributed by atoms with van der Waals surface area (Å²) in [7, 11) is -21.0. The molecule has 3 aliphatic rings. The summed E-state index contributed by atoms with van der Waals surface area (Å²) in [5, 5.41) is 43.2. The first-order chi connectivity index (χ1) is 35.6. The third-order valence-corrected chi connectivity index (χ3v) is 16.9. The first kappa shape index (κ1) is 55.4. The number of aliphatic hydroxyl groups excluding tert-OH is 4. The fraction of sp³-hybridized carbons (Fsp3) is 0.531. The van der Waals surface area contributed by atoms with E-state index in [-0.39, 0.29) is 57.2 Å². The molecule has 6 aromatic rings. The SMILES string of the molecule is COC1C(OP(=O)(O)OCC2OC(n3cnc4c(=O)[nH]c(N)nc43)C(O)C2O)C(COP(=O)(O)OP(=O)(O)OP(=O)(O)OCC2OC([n+]3cn(C)c4c(=O)[nH]c(N)nc43)C(O)C2O)OC1n1cnc2c(N)nc(N)nc21. The molecule has 18 N–H and O–H groups in total. The van der Waals surface area contributed by atoms with Gasteiger partial charge >= 0.3 is 36.9 Å². The quantitative estimate of drug-likeness (QED) is 0.0266. The van der Waals surface area contributed by atoms with Crippen molar-refractivity contribution in [3.05, 3.63) is 39.7 Å². The summed E-state index contributed by atoms with van der Waals surface area (Å²) >= 11 is 0. The third kappa shape index (κ3) is 10.9. The summed E-state index contributed by atoms with van der Waals surface area (Å²) < 4.78 is 109. The van der Waals surface area contributed by atoms with E-state index in [1.54, 1.807) is 0 Å². The molecule has 0 radical (unpaired) electrons. The van der Waals surface area contributed by atoms with E-state index in [1.165, 1.54) is 17.9 Å². The van der Waals surface area contributed by atoms with Gasteiger partial charge in [0.2, 0.25) is 23.6 Å². The average molecular weight is 1160 g/mol. The Morgan fingerprint density at radius 2 is 1.20 bits per heavy atom. The van der Waals surface area contributed by atoms with Crippen LogP contribution >= 0.6 is 31.3 Å². The van der Waals surface area contributed by atoms with Crippen LogP contribution in [0.4, 0.5) is 23.7 Å². The second-order valence-electron chi connectivity index (χ2n) is 16.7. The maximum absolute atomic E-state index is 13.7. The highest BCUT2D eigenvalue weighted by Gasteiger charge is 2.54. The van der Waals surface area contributed by atoms with Gasteiger partial charge in [0.05, 0.1) is 39.5 Å². The van der Waals surface area contributed by atoms with E-state index >= 15 is 0 Å². The average Bonchev–Trinajstić information content (AvgIpc) is 4.17. The fourth-order valence-electron chi connectivity index (χ4n) is 8.37. The summed E-state index contributed by atoms with van der Waals surface area (Å²) in [6, 6.07) is 0. The number of nitrogens with two attached hydrogens (primary N) is 4. The Bertz CT molecular complexity index is 3520. The van der Waals surface area contributed by atoms with Gasteiger partial charge in [-0.05, 0) is 0 Å². The molecule has 0 aromatic carbocycles. The van der Waals surface area contributed by atoms with Crippen LogP contribution in [0.15, 0.2) is 28.6 Å². The number of nitrogens with one attached hydrogen (secondary N) is 2. The predicted molar refractivity (Wildman–Crippen MR) is 243 cm³/mol. The van der Waals surface area contributed by atoms with Gasteiger partial charge < -0.3 is 81.9 Å². The van der Waals surface area contributed by atoms with E-state index in [9.17, 15) is 67.8 Å². The molecule has 0 bridgehead atoms. The number of methoxy groups -OCH3 is 1. The minimum absolute atomic E-state index is 0.0279. The van der Waals surface area contributed by atoms with Gasteiger partial charge in [-0.3, -0.25) is 51.4 Å². The van der Waals surface area contributed by atoms with Crippen molar-refractivity contribution in [2.45, 2.75) is 73.6 Å². The first-order valence-corrected chi connectivity index (χ1v) is 27.4. The number of nitrogens with zero attached hydrogens (tertiary/aromatic N) is 10. The number of aryl methyl sites for hydroxylation is 1. The molecule has 6 aromatic heterocycles. The lowest BCUT2D eigenvalue weighted by molar-refractivity contribution is -0.745. The lowest BCUT2D eigenvalue weighted by Crippen LogP contribution is -2.46. The Morgan fingerprint density at radius 1 is 0.658 bits per heavy atom. The van der Waals surface area contributed by atoms with Crippen LogP contribution in [0.2, 0.25) is 0 Å². The van der Waals surface area contributed by atoms with Crippen LogP contribution in [0.3, 0.4) is 0 Å². The zero-order valence-electron chi connectivity index (χ0n) is 38.5. The Morgan fingerprint density at radius 3 is 1.86 bits per heavy atom. The molecule has 0 aliphatic carbocycles. The van der Waals surface area contributed by atoms with E-state index in [1.807, 2.05) is 0 Å². The van der Waals surface area contributed by atoms with Gasteiger partial charge in [0, 0.05) is 7.11 Å². The monoisotopic (exact) mass is 1160 g/mol. The number of nitrogen functional groups attached to an aromatic ring is 4. The van der Waals surface area contributed by atoms with E-state index < -0.39 is 136 Å². The Labute approximate surface area is 420 Å². The molecule has 44 heteroatoms. The van der Waals surface area contributed by atoms with Crippen LogP contribution in [0.5, 0.6) is 0 Å². The summed E-state index contributed by atoms with van der Waals surface area (Å²) in [6.07, 6.45) is -17.2. The number of hydrogen-bond donors (Lipinski definition) is 14. The Kier molecular flexibility index (Phi) is 14.9. The minimum atomic E-state index is -6.22. The van der Waals surface area contributed by atoms with Gasteiger partial charge in [-0.1, -0.05) is 4.98 Å². The predicted octanol–water partition coefficient (Wildman–Crippen LogP) is -5.13. The topological polar surface area (TPSA) is 588 Å². The van der Waals surface area contributed by atoms with Crippen LogP contribution in [0.1, 0.15) is 18.7 Å². The molecule has 0 spiro atoms. The summed E-state index contributed by atoms with van der Waals surface area (Å²) in [6.45, 7) is -3.45. The van der Waals surface area contributed by atoms with Gasteiger partial charge in [-0.25, -0.2) is 32.8 Å². The van der Waals surface area contributed by atoms with E-state index in [0.29, 0.717) is 0 Å². The largest absolute Gasteiger partial charge is 0.490 e. The minimum Gasteiger partial charge on any atom is -0.387 e. The molecule has 9 rings (SSSR count). The van der Waals surface area contributed by atoms with Gasteiger partial charge in [-0.2, -0.15) is 23.6 Å². The Balaban J connectivity index is 0.870. The number of aromatic nitrogens is 12. The maximum atomic E-state index is 13.7. The molecule has 0 amide bonds. The maximum Gasteiger partial charge on any atom is 0.490 e. The van der Waals surface area contributed by atoms with Crippen LogP contribution in [-0.4, -0.2) is 175 Å². The molecule has 16 atom stereocenters.